The SMILES string of the molecule is O=C(OCc1cc(=O)n2cc(Cl)ccc2n1)c1cnc(Cl)c(Cl)c1. The molecule has 0 amide bonds. The van der Waals surface area contributed by atoms with E-state index in [0.717, 1.165) is 0 Å². The number of rotatable bonds is 3. The van der Waals surface area contributed by atoms with Crippen LogP contribution in [0.1, 0.15) is 16.1 Å². The molecule has 9 heteroatoms. The number of hydrogen-bond acceptors (Lipinski definition) is 5. The van der Waals surface area contributed by atoms with Crippen LogP contribution in [0.3, 0.4) is 0 Å². The van der Waals surface area contributed by atoms with Crippen molar-refractivity contribution >= 4 is 46.4 Å². The molecule has 0 atom stereocenters. The van der Waals surface area contributed by atoms with E-state index in [1.807, 2.05) is 0 Å². The van der Waals surface area contributed by atoms with Crippen LogP contribution < -0.4 is 5.56 Å². The van der Waals surface area contributed by atoms with Crippen LogP contribution in [0, 0.1) is 0 Å². The number of carbonyl (C=O) groups excluding carboxylic acids is 1. The molecule has 0 unspecified atom stereocenters. The summed E-state index contributed by atoms with van der Waals surface area (Å²) in [5, 5.41) is 0.652. The largest absolute Gasteiger partial charge is 0.456 e. The number of pyridine rings is 2. The highest BCUT2D eigenvalue weighted by molar-refractivity contribution is 6.41. The standard InChI is InChI=1S/C15H8Cl3N3O3/c16-9-1-2-12-20-10(4-13(22)21(12)6-9)7-24-15(23)8-3-11(17)14(18)19-5-8/h1-6H,7H2. The van der Waals surface area contributed by atoms with Crippen LogP contribution in [0.25, 0.3) is 5.65 Å². The number of hydrogen-bond donors (Lipinski definition) is 0. The number of nitrogens with zero attached hydrogens (tertiary/aromatic N) is 3. The predicted molar refractivity (Wildman–Crippen MR) is 89.8 cm³/mol. The Balaban J connectivity index is 1.80. The number of halogens is 3. The molecule has 0 saturated carbocycles. The van der Waals surface area contributed by atoms with Gasteiger partial charge in [-0.2, -0.15) is 0 Å². The molecule has 0 aliphatic rings. The second-order valence-electron chi connectivity index (χ2n) is 4.73. The zero-order chi connectivity index (χ0) is 17.3. The lowest BCUT2D eigenvalue weighted by Gasteiger charge is -2.06. The van der Waals surface area contributed by atoms with Crippen molar-refractivity contribution in [2.75, 3.05) is 0 Å². The van der Waals surface area contributed by atoms with Gasteiger partial charge in [-0.3, -0.25) is 9.20 Å². The first-order valence-electron chi connectivity index (χ1n) is 6.60. The molecule has 6 nitrogen and oxygen atoms in total. The van der Waals surface area contributed by atoms with E-state index in [2.05, 4.69) is 9.97 Å². The van der Waals surface area contributed by atoms with E-state index in [0.29, 0.717) is 16.4 Å². The van der Waals surface area contributed by atoms with Gasteiger partial charge in [0.25, 0.3) is 5.56 Å². The van der Waals surface area contributed by atoms with Crippen molar-refractivity contribution in [2.24, 2.45) is 0 Å². The smallest absolute Gasteiger partial charge is 0.340 e. The summed E-state index contributed by atoms with van der Waals surface area (Å²) in [4.78, 5) is 32.0. The van der Waals surface area contributed by atoms with Crippen molar-refractivity contribution in [3.8, 4) is 0 Å². The van der Waals surface area contributed by atoms with Gasteiger partial charge in [-0.05, 0) is 18.2 Å². The van der Waals surface area contributed by atoms with Crippen molar-refractivity contribution in [3.05, 3.63) is 73.5 Å². The Labute approximate surface area is 150 Å². The molecule has 0 saturated heterocycles. The van der Waals surface area contributed by atoms with Gasteiger partial charge in [-0.1, -0.05) is 34.8 Å². The Hall–Kier alpha value is -2.15. The maximum absolute atomic E-state index is 12.0. The van der Waals surface area contributed by atoms with Crippen LogP contribution in [0.4, 0.5) is 0 Å². The van der Waals surface area contributed by atoms with Gasteiger partial charge in [0.1, 0.15) is 17.4 Å². The van der Waals surface area contributed by atoms with Gasteiger partial charge in [0.15, 0.2) is 0 Å². The first kappa shape index (κ1) is 16.7. The molecule has 0 spiro atoms. The lowest BCUT2D eigenvalue weighted by Crippen LogP contribution is -2.16. The fourth-order valence-electron chi connectivity index (χ4n) is 1.96. The number of aromatic nitrogens is 3. The molecule has 0 aromatic carbocycles. The topological polar surface area (TPSA) is 73.6 Å². The molecule has 3 aromatic rings. The number of esters is 1. The lowest BCUT2D eigenvalue weighted by atomic mass is 10.3. The second-order valence-corrected chi connectivity index (χ2v) is 5.94. The van der Waals surface area contributed by atoms with E-state index >= 15 is 0 Å². The maximum atomic E-state index is 12.0. The maximum Gasteiger partial charge on any atom is 0.340 e. The van der Waals surface area contributed by atoms with Crippen LogP contribution in [-0.2, 0) is 11.3 Å². The molecular weight excluding hydrogens is 377 g/mol. The first-order valence-corrected chi connectivity index (χ1v) is 7.73. The van der Waals surface area contributed by atoms with Gasteiger partial charge in [-0.15, -0.1) is 0 Å². The molecule has 0 radical (unpaired) electrons. The predicted octanol–water partition coefficient (Wildman–Crippen LogP) is 3.41. The summed E-state index contributed by atoms with van der Waals surface area (Å²) in [6.07, 6.45) is 2.71. The molecule has 3 heterocycles. The first-order chi connectivity index (χ1) is 11.4. The molecule has 3 rings (SSSR count). The molecule has 0 fully saturated rings. The Morgan fingerprint density at radius 2 is 2.00 bits per heavy atom. The highest BCUT2D eigenvalue weighted by Gasteiger charge is 2.12. The van der Waals surface area contributed by atoms with Gasteiger partial charge in [0, 0.05) is 18.5 Å². The minimum Gasteiger partial charge on any atom is -0.456 e. The average Bonchev–Trinajstić information content (AvgIpc) is 2.56. The molecular formula is C15H8Cl3N3O3. The minimum atomic E-state index is -0.654. The van der Waals surface area contributed by atoms with Crippen LogP contribution in [0.5, 0.6) is 0 Å². The molecule has 0 aliphatic heterocycles. The Kier molecular flexibility index (Phi) is 4.71. The monoisotopic (exact) mass is 383 g/mol. The molecule has 0 N–H and O–H groups in total. The lowest BCUT2D eigenvalue weighted by molar-refractivity contribution is 0.0467. The summed E-state index contributed by atoms with van der Waals surface area (Å²) in [5.41, 5.74) is 0.524. The quantitative estimate of drug-likeness (QED) is 0.511. The van der Waals surface area contributed by atoms with Gasteiger partial charge in [0.2, 0.25) is 0 Å². The van der Waals surface area contributed by atoms with Crippen LogP contribution in [0.15, 0.2) is 41.5 Å². The highest BCUT2D eigenvalue weighted by Crippen LogP contribution is 2.20. The third kappa shape index (κ3) is 3.51. The summed E-state index contributed by atoms with van der Waals surface area (Å²) >= 11 is 17.3. The van der Waals surface area contributed by atoms with Crippen molar-refractivity contribution in [1.29, 1.82) is 0 Å². The van der Waals surface area contributed by atoms with Crippen LogP contribution in [-0.4, -0.2) is 20.3 Å². The van der Waals surface area contributed by atoms with Crippen molar-refractivity contribution < 1.29 is 9.53 Å². The van der Waals surface area contributed by atoms with Crippen molar-refractivity contribution in [3.63, 3.8) is 0 Å². The summed E-state index contributed by atoms with van der Waals surface area (Å²) in [6.45, 7) is -0.173. The summed E-state index contributed by atoms with van der Waals surface area (Å²) in [7, 11) is 0. The van der Waals surface area contributed by atoms with Gasteiger partial charge in [-0.25, -0.2) is 14.8 Å². The fourth-order valence-corrected chi connectivity index (χ4v) is 2.39. The van der Waals surface area contributed by atoms with E-state index in [9.17, 15) is 9.59 Å². The Bertz CT molecular complexity index is 1000. The molecule has 0 aliphatic carbocycles. The molecule has 3 aromatic heterocycles. The third-order valence-electron chi connectivity index (χ3n) is 3.06. The minimum absolute atomic E-state index is 0.0936. The van der Waals surface area contributed by atoms with E-state index in [4.69, 9.17) is 39.5 Å². The summed E-state index contributed by atoms with van der Waals surface area (Å²) < 4.78 is 6.42. The summed E-state index contributed by atoms with van der Waals surface area (Å²) in [6, 6.07) is 5.83. The normalized spacial score (nSPS) is 10.8. The Morgan fingerprint density at radius 3 is 2.75 bits per heavy atom. The average molecular weight is 385 g/mol. The van der Waals surface area contributed by atoms with Crippen LogP contribution >= 0.6 is 34.8 Å². The van der Waals surface area contributed by atoms with Crippen molar-refractivity contribution in [2.45, 2.75) is 6.61 Å². The zero-order valence-corrected chi connectivity index (χ0v) is 14.1. The van der Waals surface area contributed by atoms with Crippen LogP contribution in [0.2, 0.25) is 15.2 Å². The molecule has 122 valence electrons. The Morgan fingerprint density at radius 1 is 1.21 bits per heavy atom. The number of fused-ring (bicyclic) bond motifs is 1. The van der Waals surface area contributed by atoms with E-state index in [1.165, 1.54) is 28.9 Å². The van der Waals surface area contributed by atoms with Gasteiger partial charge >= 0.3 is 5.97 Å². The number of carbonyl (C=O) groups is 1. The molecule has 24 heavy (non-hydrogen) atoms. The molecule has 0 bridgehead atoms. The van der Waals surface area contributed by atoms with Gasteiger partial charge in [0.05, 0.1) is 21.3 Å². The third-order valence-corrected chi connectivity index (χ3v) is 3.97. The van der Waals surface area contributed by atoms with E-state index in [1.54, 1.807) is 12.1 Å². The van der Waals surface area contributed by atoms with E-state index < -0.39 is 5.97 Å². The fraction of sp³-hybridized carbons (Fsp3) is 0.0667. The zero-order valence-electron chi connectivity index (χ0n) is 11.9. The van der Waals surface area contributed by atoms with Gasteiger partial charge < -0.3 is 4.74 Å². The van der Waals surface area contributed by atoms with Crippen molar-refractivity contribution in [1.82, 2.24) is 14.4 Å². The highest BCUT2D eigenvalue weighted by atomic mass is 35.5. The number of ether oxygens (including phenoxy) is 1. The second kappa shape index (κ2) is 6.76. The van der Waals surface area contributed by atoms with E-state index in [-0.39, 0.29) is 27.9 Å². The summed E-state index contributed by atoms with van der Waals surface area (Å²) in [5.74, 6) is -0.654.